The second-order valence-corrected chi connectivity index (χ2v) is 5.11. The van der Waals surface area contributed by atoms with Gasteiger partial charge in [-0.1, -0.05) is 24.3 Å². The molecule has 0 amide bonds. The fraction of sp³-hybridized carbons (Fsp3) is 0.600. The SMILES string of the molecule is CC(C)OCCNCc1ccc(C2CC2)cc1. The van der Waals surface area contributed by atoms with Gasteiger partial charge in [0, 0.05) is 13.1 Å². The first-order valence-corrected chi connectivity index (χ1v) is 6.67. The highest BCUT2D eigenvalue weighted by Crippen LogP contribution is 2.39. The molecule has 0 unspecified atom stereocenters. The van der Waals surface area contributed by atoms with Crippen LogP contribution in [0.2, 0.25) is 0 Å². The number of hydrogen-bond acceptors (Lipinski definition) is 2. The molecule has 0 bridgehead atoms. The molecule has 1 aromatic carbocycles. The van der Waals surface area contributed by atoms with Crippen molar-refractivity contribution in [3.8, 4) is 0 Å². The second-order valence-electron chi connectivity index (χ2n) is 5.11. The molecule has 2 nitrogen and oxygen atoms in total. The number of nitrogens with one attached hydrogen (secondary N) is 1. The van der Waals surface area contributed by atoms with Crippen LogP contribution in [0.3, 0.4) is 0 Å². The molecule has 1 fully saturated rings. The van der Waals surface area contributed by atoms with Crippen LogP contribution < -0.4 is 5.32 Å². The zero-order valence-corrected chi connectivity index (χ0v) is 10.9. The fourth-order valence-corrected chi connectivity index (χ4v) is 1.92. The quantitative estimate of drug-likeness (QED) is 0.731. The van der Waals surface area contributed by atoms with Crippen LogP contribution in [0, 0.1) is 0 Å². The van der Waals surface area contributed by atoms with Crippen molar-refractivity contribution >= 4 is 0 Å². The molecule has 1 N–H and O–H groups in total. The highest BCUT2D eigenvalue weighted by molar-refractivity contribution is 5.27. The molecule has 0 atom stereocenters. The summed E-state index contributed by atoms with van der Waals surface area (Å²) in [7, 11) is 0. The normalized spacial score (nSPS) is 15.5. The molecular formula is C15H23NO. The van der Waals surface area contributed by atoms with E-state index in [0.717, 1.165) is 25.6 Å². The maximum atomic E-state index is 5.48. The maximum Gasteiger partial charge on any atom is 0.0594 e. The summed E-state index contributed by atoms with van der Waals surface area (Å²) >= 11 is 0. The molecule has 0 saturated heterocycles. The Hall–Kier alpha value is -0.860. The van der Waals surface area contributed by atoms with Crippen molar-refractivity contribution in [2.45, 2.75) is 45.3 Å². The van der Waals surface area contributed by atoms with Crippen molar-refractivity contribution in [3.63, 3.8) is 0 Å². The van der Waals surface area contributed by atoms with Crippen LogP contribution in [0.5, 0.6) is 0 Å². The van der Waals surface area contributed by atoms with Gasteiger partial charge in [-0.2, -0.15) is 0 Å². The van der Waals surface area contributed by atoms with E-state index in [1.807, 2.05) is 0 Å². The highest BCUT2D eigenvalue weighted by Gasteiger charge is 2.22. The minimum Gasteiger partial charge on any atom is -0.377 e. The van der Waals surface area contributed by atoms with Gasteiger partial charge in [0.05, 0.1) is 12.7 Å². The van der Waals surface area contributed by atoms with Crippen LogP contribution in [0.4, 0.5) is 0 Å². The molecule has 0 heterocycles. The van der Waals surface area contributed by atoms with E-state index < -0.39 is 0 Å². The van der Waals surface area contributed by atoms with Crippen LogP contribution in [0.25, 0.3) is 0 Å². The summed E-state index contributed by atoms with van der Waals surface area (Å²) in [6.45, 7) is 6.78. The lowest BCUT2D eigenvalue weighted by Crippen LogP contribution is -2.20. The molecule has 0 spiro atoms. The minimum atomic E-state index is 0.328. The molecule has 1 aliphatic rings. The van der Waals surface area contributed by atoms with E-state index in [2.05, 4.69) is 43.4 Å². The summed E-state index contributed by atoms with van der Waals surface area (Å²) in [6.07, 6.45) is 3.09. The van der Waals surface area contributed by atoms with Gasteiger partial charge in [-0.3, -0.25) is 0 Å². The van der Waals surface area contributed by atoms with Gasteiger partial charge < -0.3 is 10.1 Å². The lowest BCUT2D eigenvalue weighted by Gasteiger charge is -2.09. The number of hydrogen-bond donors (Lipinski definition) is 1. The van der Waals surface area contributed by atoms with E-state index >= 15 is 0 Å². The van der Waals surface area contributed by atoms with Gasteiger partial charge >= 0.3 is 0 Å². The Kier molecular flexibility index (Phi) is 4.57. The van der Waals surface area contributed by atoms with Crippen molar-refractivity contribution in [2.75, 3.05) is 13.2 Å². The first kappa shape index (κ1) is 12.6. The Morgan fingerprint density at radius 3 is 2.53 bits per heavy atom. The van der Waals surface area contributed by atoms with E-state index in [9.17, 15) is 0 Å². The van der Waals surface area contributed by atoms with Gasteiger partial charge in [0.2, 0.25) is 0 Å². The van der Waals surface area contributed by atoms with Gasteiger partial charge in [0.25, 0.3) is 0 Å². The van der Waals surface area contributed by atoms with Gasteiger partial charge in [-0.15, -0.1) is 0 Å². The highest BCUT2D eigenvalue weighted by atomic mass is 16.5. The van der Waals surface area contributed by atoms with Gasteiger partial charge in [0.1, 0.15) is 0 Å². The largest absolute Gasteiger partial charge is 0.377 e. The number of ether oxygens (including phenoxy) is 1. The summed E-state index contributed by atoms with van der Waals surface area (Å²) in [5, 5.41) is 3.40. The summed E-state index contributed by atoms with van der Waals surface area (Å²) in [6, 6.07) is 9.03. The molecule has 2 rings (SSSR count). The van der Waals surface area contributed by atoms with Crippen molar-refractivity contribution in [3.05, 3.63) is 35.4 Å². The number of rotatable bonds is 7. The predicted octanol–water partition coefficient (Wildman–Crippen LogP) is 3.08. The second kappa shape index (κ2) is 6.18. The summed E-state index contributed by atoms with van der Waals surface area (Å²) in [5.41, 5.74) is 2.87. The van der Waals surface area contributed by atoms with Crippen molar-refractivity contribution in [1.29, 1.82) is 0 Å². The topological polar surface area (TPSA) is 21.3 Å². The lowest BCUT2D eigenvalue weighted by molar-refractivity contribution is 0.0807. The van der Waals surface area contributed by atoms with E-state index in [0.29, 0.717) is 6.10 Å². The predicted molar refractivity (Wildman–Crippen MR) is 71.2 cm³/mol. The smallest absolute Gasteiger partial charge is 0.0594 e. The molecule has 0 aromatic heterocycles. The Morgan fingerprint density at radius 2 is 1.94 bits per heavy atom. The average Bonchev–Trinajstić information content (AvgIpc) is 3.13. The first-order valence-electron chi connectivity index (χ1n) is 6.67. The molecule has 1 saturated carbocycles. The summed E-state index contributed by atoms with van der Waals surface area (Å²) < 4.78 is 5.48. The number of benzene rings is 1. The van der Waals surface area contributed by atoms with Gasteiger partial charge in [-0.05, 0) is 43.7 Å². The van der Waals surface area contributed by atoms with E-state index in [1.165, 1.54) is 24.0 Å². The maximum absolute atomic E-state index is 5.48. The van der Waals surface area contributed by atoms with Crippen LogP contribution >= 0.6 is 0 Å². The van der Waals surface area contributed by atoms with Crippen LogP contribution in [-0.4, -0.2) is 19.3 Å². The molecule has 1 aliphatic carbocycles. The third-order valence-corrected chi connectivity index (χ3v) is 3.09. The average molecular weight is 233 g/mol. The Morgan fingerprint density at radius 1 is 1.24 bits per heavy atom. The van der Waals surface area contributed by atoms with Crippen LogP contribution in [0.15, 0.2) is 24.3 Å². The lowest BCUT2D eigenvalue weighted by atomic mass is 10.1. The molecule has 94 valence electrons. The van der Waals surface area contributed by atoms with Crippen LogP contribution in [-0.2, 0) is 11.3 Å². The molecule has 2 heteroatoms. The van der Waals surface area contributed by atoms with E-state index in [4.69, 9.17) is 4.74 Å². The van der Waals surface area contributed by atoms with Crippen molar-refractivity contribution < 1.29 is 4.74 Å². The molecule has 17 heavy (non-hydrogen) atoms. The van der Waals surface area contributed by atoms with Crippen molar-refractivity contribution in [2.24, 2.45) is 0 Å². The Balaban J connectivity index is 1.64. The fourth-order valence-electron chi connectivity index (χ4n) is 1.92. The zero-order valence-electron chi connectivity index (χ0n) is 10.9. The molecular weight excluding hydrogens is 210 g/mol. The van der Waals surface area contributed by atoms with Crippen molar-refractivity contribution in [1.82, 2.24) is 5.32 Å². The third kappa shape index (κ3) is 4.49. The minimum absolute atomic E-state index is 0.328. The monoisotopic (exact) mass is 233 g/mol. The molecule has 1 aromatic rings. The summed E-state index contributed by atoms with van der Waals surface area (Å²) in [4.78, 5) is 0. The molecule has 0 aliphatic heterocycles. The van der Waals surface area contributed by atoms with E-state index in [1.54, 1.807) is 0 Å². The Labute approximate surface area is 104 Å². The zero-order chi connectivity index (χ0) is 12.1. The van der Waals surface area contributed by atoms with E-state index in [-0.39, 0.29) is 0 Å². The molecule has 0 radical (unpaired) electrons. The van der Waals surface area contributed by atoms with Gasteiger partial charge in [-0.25, -0.2) is 0 Å². The van der Waals surface area contributed by atoms with Crippen LogP contribution in [0.1, 0.15) is 43.7 Å². The first-order chi connectivity index (χ1) is 8.25. The summed E-state index contributed by atoms with van der Waals surface area (Å²) in [5.74, 6) is 0.858. The standard InChI is InChI=1S/C15H23NO/c1-12(2)17-10-9-16-11-13-3-5-14(6-4-13)15-7-8-15/h3-6,12,15-16H,7-11H2,1-2H3. The third-order valence-electron chi connectivity index (χ3n) is 3.09. The van der Waals surface area contributed by atoms with Gasteiger partial charge in [0.15, 0.2) is 0 Å². The Bertz CT molecular complexity index is 327.